The average molecular weight is 320 g/mol. The van der Waals surface area contributed by atoms with Crippen LogP contribution in [0.2, 0.25) is 0 Å². The molecular formula is C12H17O2PS3. The predicted octanol–water partition coefficient (Wildman–Crippen LogP) is 4.05. The summed E-state index contributed by atoms with van der Waals surface area (Å²) in [5, 5.41) is 0.990. The Labute approximate surface area is 122 Å². The van der Waals surface area contributed by atoms with E-state index in [1.54, 1.807) is 22.8 Å². The highest BCUT2D eigenvalue weighted by Gasteiger charge is 2.22. The van der Waals surface area contributed by atoms with Crippen LogP contribution in [0.15, 0.2) is 24.3 Å². The first-order valence-corrected chi connectivity index (χ1v) is 12.1. The fourth-order valence-corrected chi connectivity index (χ4v) is 6.95. The zero-order valence-corrected chi connectivity index (χ0v) is 14.1. The molecule has 18 heavy (non-hydrogen) atoms. The number of para-hydroxylation sites is 1. The molecule has 0 saturated heterocycles. The first-order valence-electron chi connectivity index (χ1n) is 5.59. The molecule has 0 fully saturated rings. The van der Waals surface area contributed by atoms with Gasteiger partial charge in [0.25, 0.3) is 0 Å². The summed E-state index contributed by atoms with van der Waals surface area (Å²) >= 11 is 9.08. The van der Waals surface area contributed by atoms with Crippen LogP contribution in [0.1, 0.15) is 19.8 Å². The van der Waals surface area contributed by atoms with Crippen molar-refractivity contribution < 1.29 is 9.53 Å². The second-order valence-corrected chi connectivity index (χ2v) is 15.0. The summed E-state index contributed by atoms with van der Waals surface area (Å²) < 4.78 is 3.67. The van der Waals surface area contributed by atoms with Crippen molar-refractivity contribution in [1.82, 2.24) is 0 Å². The Hall–Kier alpha value is 0.0400. The summed E-state index contributed by atoms with van der Waals surface area (Å²) in [5.74, 6) is 0.441. The maximum Gasteiger partial charge on any atom is 0.311 e. The van der Waals surface area contributed by atoms with Crippen molar-refractivity contribution in [1.29, 1.82) is 0 Å². The molecular weight excluding hydrogens is 303 g/mol. The van der Waals surface area contributed by atoms with Gasteiger partial charge < -0.3 is 4.74 Å². The molecule has 1 rings (SSSR count). The van der Waals surface area contributed by atoms with Crippen LogP contribution in [0.25, 0.3) is 0 Å². The highest BCUT2D eigenvalue weighted by molar-refractivity contribution is 9.02. The first-order chi connectivity index (χ1) is 8.57. The van der Waals surface area contributed by atoms with Gasteiger partial charge in [-0.1, -0.05) is 30.9 Å². The fraction of sp³-hybridized carbons (Fsp3) is 0.417. The van der Waals surface area contributed by atoms with E-state index < -0.39 is 4.44 Å². The maximum absolute atomic E-state index is 11.6. The molecule has 0 atom stereocenters. The third-order valence-electron chi connectivity index (χ3n) is 2.32. The van der Waals surface area contributed by atoms with Crippen molar-refractivity contribution in [2.75, 3.05) is 12.5 Å². The monoisotopic (exact) mass is 320 g/mol. The van der Waals surface area contributed by atoms with Crippen LogP contribution < -0.4 is 10.0 Å². The number of hydrogen-bond donors (Lipinski definition) is 0. The number of hydrogen-bond acceptors (Lipinski definition) is 5. The van der Waals surface area contributed by atoms with Crippen molar-refractivity contribution >= 4 is 50.3 Å². The molecule has 1 aromatic rings. The Bertz CT molecular complexity index is 454. The third-order valence-corrected chi connectivity index (χ3v) is 14.3. The fourth-order valence-electron chi connectivity index (χ4n) is 1.42. The molecule has 1 aromatic carbocycles. The van der Waals surface area contributed by atoms with Crippen LogP contribution in [0.5, 0.6) is 5.75 Å². The van der Waals surface area contributed by atoms with E-state index in [0.29, 0.717) is 12.2 Å². The minimum atomic E-state index is -1.76. The number of rotatable bonds is 6. The average Bonchev–Trinajstić information content (AvgIpc) is 2.39. The van der Waals surface area contributed by atoms with Gasteiger partial charge in [0.15, 0.2) is 0 Å². The number of ether oxygens (including phenoxy) is 1. The van der Waals surface area contributed by atoms with E-state index in [-0.39, 0.29) is 5.97 Å². The smallest absolute Gasteiger partial charge is 0.311 e. The zero-order valence-electron chi connectivity index (χ0n) is 10.7. The first kappa shape index (κ1) is 16.1. The highest BCUT2D eigenvalue weighted by Crippen LogP contribution is 2.67. The molecule has 0 aromatic heterocycles. The van der Waals surface area contributed by atoms with Gasteiger partial charge in [-0.25, -0.2) is 0 Å². The summed E-state index contributed by atoms with van der Waals surface area (Å²) in [6.07, 6.45) is 5.26. The van der Waals surface area contributed by atoms with Gasteiger partial charge >= 0.3 is 5.97 Å². The summed E-state index contributed by atoms with van der Waals surface area (Å²) in [4.78, 5) is 11.6. The van der Waals surface area contributed by atoms with Gasteiger partial charge in [0.05, 0.1) is 4.44 Å². The lowest BCUT2D eigenvalue weighted by Gasteiger charge is -2.19. The van der Waals surface area contributed by atoms with Gasteiger partial charge in [0.2, 0.25) is 0 Å². The Kier molecular flexibility index (Phi) is 6.78. The van der Waals surface area contributed by atoms with Crippen LogP contribution in [-0.4, -0.2) is 18.5 Å². The van der Waals surface area contributed by atoms with Gasteiger partial charge in [-0.2, -0.15) is 0 Å². The van der Waals surface area contributed by atoms with Crippen LogP contribution in [-0.2, 0) is 16.6 Å². The largest absolute Gasteiger partial charge is 0.426 e. The van der Waals surface area contributed by atoms with Crippen molar-refractivity contribution in [3.8, 4) is 5.75 Å². The van der Waals surface area contributed by atoms with E-state index in [0.717, 1.165) is 11.7 Å². The molecule has 0 aliphatic carbocycles. The van der Waals surface area contributed by atoms with E-state index in [1.807, 2.05) is 43.7 Å². The van der Waals surface area contributed by atoms with Crippen LogP contribution in [0.3, 0.4) is 0 Å². The predicted molar refractivity (Wildman–Crippen MR) is 87.9 cm³/mol. The lowest BCUT2D eigenvalue weighted by Crippen LogP contribution is -2.13. The summed E-state index contributed by atoms with van der Waals surface area (Å²) in [6.45, 7) is 1.96. The zero-order chi connectivity index (χ0) is 13.6. The van der Waals surface area contributed by atoms with E-state index in [1.165, 1.54) is 0 Å². The molecule has 0 saturated carbocycles. The van der Waals surface area contributed by atoms with Crippen molar-refractivity contribution in [3.05, 3.63) is 24.3 Å². The minimum absolute atomic E-state index is 0.186. The lowest BCUT2D eigenvalue weighted by molar-refractivity contribution is -0.134. The summed E-state index contributed by atoms with van der Waals surface area (Å²) in [6, 6.07) is 7.62. The van der Waals surface area contributed by atoms with Crippen molar-refractivity contribution in [2.24, 2.45) is 0 Å². The van der Waals surface area contributed by atoms with Gasteiger partial charge in [-0.3, -0.25) is 4.79 Å². The number of benzene rings is 1. The number of carbonyl (C=O) groups is 1. The van der Waals surface area contributed by atoms with E-state index in [4.69, 9.17) is 16.5 Å². The Morgan fingerprint density at radius 1 is 1.33 bits per heavy atom. The summed E-state index contributed by atoms with van der Waals surface area (Å²) in [5.41, 5.74) is 0. The van der Waals surface area contributed by atoms with Crippen molar-refractivity contribution in [3.63, 3.8) is 0 Å². The topological polar surface area (TPSA) is 26.3 Å². The molecule has 0 spiro atoms. The normalized spacial score (nSPS) is 11.3. The van der Waals surface area contributed by atoms with E-state index >= 15 is 0 Å². The van der Waals surface area contributed by atoms with Crippen LogP contribution in [0, 0.1) is 0 Å². The number of esters is 1. The molecule has 0 unspecified atom stereocenters. The molecule has 0 bridgehead atoms. The number of carbonyl (C=O) groups excluding carboxylic acids is 1. The maximum atomic E-state index is 11.6. The van der Waals surface area contributed by atoms with Gasteiger partial charge in [-0.15, -0.1) is 22.8 Å². The van der Waals surface area contributed by atoms with Gasteiger partial charge in [-0.05, 0) is 31.1 Å². The molecule has 0 aliphatic heterocycles. The molecule has 0 N–H and O–H groups in total. The highest BCUT2D eigenvalue weighted by atomic mass is 33.2. The molecule has 0 amide bonds. The molecule has 0 aliphatic rings. The van der Waals surface area contributed by atoms with Gasteiger partial charge in [0, 0.05) is 11.7 Å². The second-order valence-electron chi connectivity index (χ2n) is 3.55. The van der Waals surface area contributed by atoms with Crippen LogP contribution in [0.4, 0.5) is 0 Å². The lowest BCUT2D eigenvalue weighted by atomic mass is 10.3. The Morgan fingerprint density at radius 3 is 2.50 bits per heavy atom. The molecule has 0 radical (unpaired) electrons. The summed E-state index contributed by atoms with van der Waals surface area (Å²) in [7, 11) is 0. The quantitative estimate of drug-likeness (QED) is 0.447. The Morgan fingerprint density at radius 2 is 1.94 bits per heavy atom. The van der Waals surface area contributed by atoms with E-state index in [2.05, 4.69) is 0 Å². The SMILES string of the molecule is CCCC(=O)Oc1ccccc1P(=S)(SC)SC. The third kappa shape index (κ3) is 4.02. The van der Waals surface area contributed by atoms with Crippen molar-refractivity contribution in [2.45, 2.75) is 19.8 Å². The van der Waals surface area contributed by atoms with E-state index in [9.17, 15) is 4.79 Å². The van der Waals surface area contributed by atoms with Crippen LogP contribution >= 0.6 is 27.2 Å². The molecule has 100 valence electrons. The van der Waals surface area contributed by atoms with Gasteiger partial charge in [0.1, 0.15) is 5.75 Å². The standard InChI is InChI=1S/C12H17O2PS3/c1-4-7-12(13)14-10-8-5-6-9-11(10)15(16,17-2)18-3/h5-6,8-9H,4,7H2,1-3H3. The Balaban J connectivity index is 3.07. The molecule has 2 nitrogen and oxygen atoms in total. The minimum Gasteiger partial charge on any atom is -0.426 e. The molecule has 0 heterocycles. The molecule has 6 heteroatoms. The second kappa shape index (κ2) is 7.59.